The number of nitrogens with zero attached hydrogens (tertiary/aromatic N) is 1. The lowest BCUT2D eigenvalue weighted by atomic mass is 10.0. The van der Waals surface area contributed by atoms with E-state index < -0.39 is 0 Å². The van der Waals surface area contributed by atoms with Gasteiger partial charge >= 0.3 is 0 Å². The normalized spacial score (nSPS) is 20.1. The zero-order chi connectivity index (χ0) is 14.3. The number of ether oxygens (including phenoxy) is 1. The fraction of sp³-hybridized carbons (Fsp3) is 0.429. The molecule has 0 saturated carbocycles. The number of aryl methyl sites for hydroxylation is 1. The van der Waals surface area contributed by atoms with Crippen molar-refractivity contribution >= 4 is 27.5 Å². The summed E-state index contributed by atoms with van der Waals surface area (Å²) in [7, 11) is 0. The Kier molecular flexibility index (Phi) is 3.25. The van der Waals surface area contributed by atoms with Crippen LogP contribution in [0.1, 0.15) is 18.4 Å². The first-order valence-electron chi connectivity index (χ1n) is 6.56. The monoisotopic (exact) mass is 292 g/mol. The van der Waals surface area contributed by atoms with Gasteiger partial charge in [0.2, 0.25) is 5.91 Å². The van der Waals surface area contributed by atoms with E-state index in [1.54, 1.807) is 23.5 Å². The molecular weight excluding hydrogens is 276 g/mol. The van der Waals surface area contributed by atoms with E-state index in [2.05, 4.69) is 10.3 Å². The minimum absolute atomic E-state index is 0.0696. The number of carbonyl (C=O) groups excluding carboxylic acids is 1. The number of hydrogen-bond donors (Lipinski definition) is 2. The average Bonchev–Trinajstić information content (AvgIpc) is 2.94. The van der Waals surface area contributed by atoms with Gasteiger partial charge in [-0.1, -0.05) is 0 Å². The van der Waals surface area contributed by atoms with Crippen LogP contribution in [0.4, 0.5) is 0 Å². The highest BCUT2D eigenvalue weighted by molar-refractivity contribution is 7.18. The number of phenols is 1. The first kappa shape index (κ1) is 13.2. The van der Waals surface area contributed by atoms with E-state index >= 15 is 0 Å². The van der Waals surface area contributed by atoms with E-state index in [1.165, 1.54) is 0 Å². The molecule has 0 spiro atoms. The second-order valence-corrected chi connectivity index (χ2v) is 6.32. The van der Waals surface area contributed by atoms with Crippen LogP contribution in [0.3, 0.4) is 0 Å². The van der Waals surface area contributed by atoms with Gasteiger partial charge < -0.3 is 15.2 Å². The minimum Gasteiger partial charge on any atom is -0.508 e. The molecule has 0 aliphatic carbocycles. The molecule has 106 valence electrons. The average molecular weight is 292 g/mol. The number of thiazole rings is 1. The molecule has 1 unspecified atom stereocenters. The van der Waals surface area contributed by atoms with Crippen molar-refractivity contribution < 1.29 is 14.6 Å². The predicted octanol–water partition coefficient (Wildman–Crippen LogP) is 2.21. The van der Waals surface area contributed by atoms with Gasteiger partial charge in [0.1, 0.15) is 17.6 Å². The van der Waals surface area contributed by atoms with Crippen LogP contribution in [0, 0.1) is 12.8 Å². The summed E-state index contributed by atoms with van der Waals surface area (Å²) in [6, 6.07) is 3.25. The summed E-state index contributed by atoms with van der Waals surface area (Å²) in [5.41, 5.74) is 0.746. The van der Waals surface area contributed by atoms with Crippen LogP contribution in [0.5, 0.6) is 11.5 Å². The van der Waals surface area contributed by atoms with E-state index in [-0.39, 0.29) is 23.7 Å². The molecule has 1 fully saturated rings. The van der Waals surface area contributed by atoms with Crippen LogP contribution < -0.4 is 10.1 Å². The van der Waals surface area contributed by atoms with Crippen molar-refractivity contribution in [2.75, 3.05) is 6.54 Å². The Morgan fingerprint density at radius 1 is 1.55 bits per heavy atom. The summed E-state index contributed by atoms with van der Waals surface area (Å²) < 4.78 is 6.91. The zero-order valence-corrected chi connectivity index (χ0v) is 12.2. The number of nitrogens with one attached hydrogen (secondary N) is 1. The SMILES string of the molecule is Cc1nc2cc(O)cc(O[C@H](C)C3CNC(=O)C3)c2s1. The Bertz CT molecular complexity index is 668. The summed E-state index contributed by atoms with van der Waals surface area (Å²) >= 11 is 1.54. The van der Waals surface area contributed by atoms with Crippen molar-refractivity contribution in [1.29, 1.82) is 0 Å². The molecular formula is C14H16N2O3S. The van der Waals surface area contributed by atoms with Crippen molar-refractivity contribution in [2.45, 2.75) is 26.4 Å². The highest BCUT2D eigenvalue weighted by Gasteiger charge is 2.28. The lowest BCUT2D eigenvalue weighted by Crippen LogP contribution is -2.25. The Hall–Kier alpha value is -1.82. The number of hydrogen-bond acceptors (Lipinski definition) is 5. The Morgan fingerprint density at radius 3 is 3.05 bits per heavy atom. The smallest absolute Gasteiger partial charge is 0.220 e. The quantitative estimate of drug-likeness (QED) is 0.910. The molecule has 0 radical (unpaired) electrons. The van der Waals surface area contributed by atoms with E-state index in [0.717, 1.165) is 15.2 Å². The number of benzene rings is 1. The summed E-state index contributed by atoms with van der Waals surface area (Å²) in [4.78, 5) is 15.6. The molecule has 3 rings (SSSR count). The van der Waals surface area contributed by atoms with Gasteiger partial charge in [0, 0.05) is 31.0 Å². The largest absolute Gasteiger partial charge is 0.508 e. The van der Waals surface area contributed by atoms with Crippen LogP contribution in [0.2, 0.25) is 0 Å². The highest BCUT2D eigenvalue weighted by Crippen LogP contribution is 2.36. The van der Waals surface area contributed by atoms with Crippen molar-refractivity contribution in [3.05, 3.63) is 17.1 Å². The number of amides is 1. The number of phenolic OH excluding ortho intramolecular Hbond substituents is 1. The van der Waals surface area contributed by atoms with Crippen molar-refractivity contribution in [2.24, 2.45) is 5.92 Å². The third-order valence-corrected chi connectivity index (χ3v) is 4.53. The van der Waals surface area contributed by atoms with E-state index in [9.17, 15) is 9.90 Å². The molecule has 2 N–H and O–H groups in total. The fourth-order valence-corrected chi connectivity index (χ4v) is 3.30. The van der Waals surface area contributed by atoms with Crippen LogP contribution in [0.15, 0.2) is 12.1 Å². The van der Waals surface area contributed by atoms with Crippen molar-refractivity contribution in [3.8, 4) is 11.5 Å². The topological polar surface area (TPSA) is 71.5 Å². The summed E-state index contributed by atoms with van der Waals surface area (Å²) in [5.74, 6) is 1.01. The molecule has 1 aromatic carbocycles. The third kappa shape index (κ3) is 2.43. The summed E-state index contributed by atoms with van der Waals surface area (Å²) in [6.45, 7) is 4.52. The first-order valence-corrected chi connectivity index (χ1v) is 7.38. The number of fused-ring (bicyclic) bond motifs is 1. The molecule has 2 aromatic rings. The third-order valence-electron chi connectivity index (χ3n) is 3.53. The van der Waals surface area contributed by atoms with Crippen LogP contribution in [-0.4, -0.2) is 28.6 Å². The molecule has 1 aliphatic heterocycles. The maximum absolute atomic E-state index is 11.3. The number of aromatic nitrogens is 1. The Labute approximate surface area is 120 Å². The van der Waals surface area contributed by atoms with Crippen LogP contribution >= 0.6 is 11.3 Å². The minimum atomic E-state index is -0.0960. The standard InChI is InChI=1S/C14H16N2O3S/c1-7(9-3-13(18)15-6-9)19-12-5-10(17)4-11-14(12)20-8(2)16-11/h4-5,7,9,17H,3,6H2,1-2H3,(H,15,18)/t7-,9?/m1/s1. The van der Waals surface area contributed by atoms with Gasteiger partial charge in [-0.05, 0) is 13.8 Å². The molecule has 5 nitrogen and oxygen atoms in total. The predicted molar refractivity (Wildman–Crippen MR) is 77.2 cm³/mol. The van der Waals surface area contributed by atoms with Gasteiger partial charge in [-0.25, -0.2) is 4.98 Å². The lowest BCUT2D eigenvalue weighted by Gasteiger charge is -2.19. The van der Waals surface area contributed by atoms with Gasteiger partial charge in [0.25, 0.3) is 0 Å². The second kappa shape index (κ2) is 4.94. The van der Waals surface area contributed by atoms with Crippen LogP contribution in [0.25, 0.3) is 10.2 Å². The van der Waals surface area contributed by atoms with Gasteiger partial charge in [-0.3, -0.25) is 4.79 Å². The van der Waals surface area contributed by atoms with Crippen LogP contribution in [-0.2, 0) is 4.79 Å². The molecule has 1 saturated heterocycles. The lowest BCUT2D eigenvalue weighted by molar-refractivity contribution is -0.119. The molecule has 1 aliphatic rings. The molecule has 2 atom stereocenters. The van der Waals surface area contributed by atoms with E-state index in [4.69, 9.17) is 4.74 Å². The summed E-state index contributed by atoms with van der Waals surface area (Å²) in [5, 5.41) is 13.5. The molecule has 2 heterocycles. The molecule has 1 aromatic heterocycles. The fourth-order valence-electron chi connectivity index (χ4n) is 2.44. The molecule has 6 heteroatoms. The van der Waals surface area contributed by atoms with Gasteiger partial charge in [0.15, 0.2) is 0 Å². The van der Waals surface area contributed by atoms with E-state index in [0.29, 0.717) is 18.7 Å². The molecule has 20 heavy (non-hydrogen) atoms. The molecule has 1 amide bonds. The Morgan fingerprint density at radius 2 is 2.35 bits per heavy atom. The van der Waals surface area contributed by atoms with Crippen molar-refractivity contribution in [3.63, 3.8) is 0 Å². The van der Waals surface area contributed by atoms with E-state index in [1.807, 2.05) is 13.8 Å². The van der Waals surface area contributed by atoms with Gasteiger partial charge in [-0.15, -0.1) is 11.3 Å². The highest BCUT2D eigenvalue weighted by atomic mass is 32.1. The maximum Gasteiger partial charge on any atom is 0.220 e. The van der Waals surface area contributed by atoms with Gasteiger partial charge in [0.05, 0.1) is 15.2 Å². The second-order valence-electron chi connectivity index (χ2n) is 5.12. The zero-order valence-electron chi connectivity index (χ0n) is 11.3. The number of rotatable bonds is 3. The summed E-state index contributed by atoms with van der Waals surface area (Å²) in [6.07, 6.45) is 0.395. The van der Waals surface area contributed by atoms with Crippen molar-refractivity contribution in [1.82, 2.24) is 10.3 Å². The number of aromatic hydroxyl groups is 1. The molecule has 0 bridgehead atoms. The number of carbonyl (C=O) groups is 1. The maximum atomic E-state index is 11.3. The van der Waals surface area contributed by atoms with Gasteiger partial charge in [-0.2, -0.15) is 0 Å². The first-order chi connectivity index (χ1) is 9.52. The Balaban J connectivity index is 1.88.